The fourth-order valence-corrected chi connectivity index (χ4v) is 6.04. The summed E-state index contributed by atoms with van der Waals surface area (Å²) in [4.78, 5) is 34.7. The molecule has 0 fully saturated rings. The molecule has 0 saturated carbocycles. The van der Waals surface area contributed by atoms with Gasteiger partial charge in [-0.15, -0.1) is 22.7 Å². The Labute approximate surface area is 189 Å². The highest BCUT2D eigenvalue weighted by Crippen LogP contribution is 2.32. The van der Waals surface area contributed by atoms with Crippen molar-refractivity contribution in [2.45, 2.75) is 17.0 Å². The maximum Gasteiger partial charge on any atom is 0.258 e. The maximum absolute atomic E-state index is 12.4. The molecule has 5 rings (SSSR count). The number of fused-ring (bicyclic) bond motifs is 2. The zero-order valence-electron chi connectivity index (χ0n) is 16.4. The summed E-state index contributed by atoms with van der Waals surface area (Å²) in [6.45, 7) is 1.90. The zero-order chi connectivity index (χ0) is 21.4. The van der Waals surface area contributed by atoms with Crippen molar-refractivity contribution in [1.29, 1.82) is 0 Å². The number of aryl methyl sites for hydroxylation is 1. The number of carbonyl (C=O) groups excluding carboxylic acids is 1. The summed E-state index contributed by atoms with van der Waals surface area (Å²) in [5.41, 5.74) is 3.81. The zero-order valence-corrected chi connectivity index (χ0v) is 18.8. The molecule has 3 aromatic heterocycles. The standard InChI is InChI=1S/C22H16N4O2S3/c1-13-11-29-21-24-16(10-19(27)26(13)21)12-30-22-25-17-8-7-15(9-18(17)31-22)23-20(28)14-5-3-2-4-6-14/h2-11H,12H2,1H3,(H,23,28). The van der Waals surface area contributed by atoms with Crippen LogP contribution in [0, 0.1) is 6.92 Å². The first kappa shape index (κ1) is 19.9. The van der Waals surface area contributed by atoms with Crippen LogP contribution in [0.3, 0.4) is 0 Å². The van der Waals surface area contributed by atoms with Crippen molar-refractivity contribution in [1.82, 2.24) is 14.4 Å². The minimum Gasteiger partial charge on any atom is -0.322 e. The molecule has 5 aromatic rings. The lowest BCUT2D eigenvalue weighted by molar-refractivity contribution is 0.102. The lowest BCUT2D eigenvalue weighted by Gasteiger charge is -2.04. The number of hydrogen-bond acceptors (Lipinski definition) is 7. The first-order valence-corrected chi connectivity index (χ1v) is 12.1. The van der Waals surface area contributed by atoms with Gasteiger partial charge in [0.25, 0.3) is 11.5 Å². The van der Waals surface area contributed by atoms with Gasteiger partial charge in [-0.05, 0) is 37.3 Å². The quantitative estimate of drug-likeness (QED) is 0.361. The second kappa shape index (κ2) is 8.26. The Kier molecular flexibility index (Phi) is 5.31. The van der Waals surface area contributed by atoms with Crippen molar-refractivity contribution >= 4 is 61.2 Å². The molecule has 1 amide bonds. The molecule has 31 heavy (non-hydrogen) atoms. The van der Waals surface area contributed by atoms with E-state index in [1.165, 1.54) is 11.3 Å². The molecular weight excluding hydrogens is 448 g/mol. The van der Waals surface area contributed by atoms with Gasteiger partial charge >= 0.3 is 0 Å². The lowest BCUT2D eigenvalue weighted by atomic mass is 10.2. The van der Waals surface area contributed by atoms with Gasteiger partial charge in [0.15, 0.2) is 9.30 Å². The average Bonchev–Trinajstić information content (AvgIpc) is 3.36. The number of benzene rings is 2. The van der Waals surface area contributed by atoms with Crippen molar-refractivity contribution in [3.05, 3.63) is 87.3 Å². The van der Waals surface area contributed by atoms with E-state index in [1.54, 1.807) is 45.7 Å². The van der Waals surface area contributed by atoms with E-state index in [2.05, 4.69) is 15.3 Å². The van der Waals surface area contributed by atoms with E-state index in [0.29, 0.717) is 16.3 Å². The van der Waals surface area contributed by atoms with Gasteiger partial charge in [0.2, 0.25) is 0 Å². The highest BCUT2D eigenvalue weighted by Gasteiger charge is 2.11. The third kappa shape index (κ3) is 4.12. The minimum atomic E-state index is -0.143. The predicted molar refractivity (Wildman–Crippen MR) is 128 cm³/mol. The van der Waals surface area contributed by atoms with Crippen LogP contribution >= 0.6 is 34.4 Å². The summed E-state index contributed by atoms with van der Waals surface area (Å²) in [5.74, 6) is 0.427. The summed E-state index contributed by atoms with van der Waals surface area (Å²) < 4.78 is 3.51. The SMILES string of the molecule is Cc1csc2nc(CSc3nc4ccc(NC(=O)c5ccccc5)cc4s3)cc(=O)n12. The molecule has 9 heteroatoms. The van der Waals surface area contributed by atoms with Crippen LogP contribution in [-0.2, 0) is 5.75 Å². The van der Waals surface area contributed by atoms with Crippen LogP contribution in [-0.4, -0.2) is 20.3 Å². The van der Waals surface area contributed by atoms with E-state index in [-0.39, 0.29) is 11.5 Å². The van der Waals surface area contributed by atoms with Crippen LogP contribution in [0.4, 0.5) is 5.69 Å². The van der Waals surface area contributed by atoms with Gasteiger partial charge in [-0.1, -0.05) is 30.0 Å². The summed E-state index contributed by atoms with van der Waals surface area (Å²) in [7, 11) is 0. The number of thioether (sulfide) groups is 1. The van der Waals surface area contributed by atoms with E-state index >= 15 is 0 Å². The molecule has 3 heterocycles. The normalized spacial score (nSPS) is 11.3. The first-order chi connectivity index (χ1) is 15.1. The molecule has 0 bridgehead atoms. The molecular formula is C22H16N4O2S3. The fraction of sp³-hybridized carbons (Fsp3) is 0.0909. The van der Waals surface area contributed by atoms with Crippen molar-refractivity contribution < 1.29 is 4.79 Å². The predicted octanol–water partition coefficient (Wildman–Crippen LogP) is 5.22. The summed E-state index contributed by atoms with van der Waals surface area (Å²) in [5, 5.41) is 4.86. The number of aromatic nitrogens is 3. The molecule has 0 spiro atoms. The monoisotopic (exact) mass is 464 g/mol. The van der Waals surface area contributed by atoms with Crippen molar-refractivity contribution in [3.8, 4) is 0 Å². The highest BCUT2D eigenvalue weighted by atomic mass is 32.2. The molecule has 0 aliphatic heterocycles. The van der Waals surface area contributed by atoms with Gasteiger partial charge in [-0.3, -0.25) is 14.0 Å². The largest absolute Gasteiger partial charge is 0.322 e. The van der Waals surface area contributed by atoms with E-state index in [1.807, 2.05) is 48.7 Å². The van der Waals surface area contributed by atoms with Crippen LogP contribution < -0.4 is 10.9 Å². The number of anilines is 1. The van der Waals surface area contributed by atoms with Crippen LogP contribution in [0.5, 0.6) is 0 Å². The fourth-order valence-electron chi connectivity index (χ4n) is 3.15. The smallest absolute Gasteiger partial charge is 0.258 e. The molecule has 6 nitrogen and oxygen atoms in total. The van der Waals surface area contributed by atoms with Gasteiger partial charge in [0.1, 0.15) is 0 Å². The van der Waals surface area contributed by atoms with Gasteiger partial charge in [0.05, 0.1) is 15.9 Å². The number of amides is 1. The molecule has 154 valence electrons. The Morgan fingerprint density at radius 1 is 1.13 bits per heavy atom. The third-order valence-electron chi connectivity index (χ3n) is 4.63. The molecule has 2 aromatic carbocycles. The molecule has 0 aliphatic rings. The van der Waals surface area contributed by atoms with E-state index in [4.69, 9.17) is 0 Å². The third-order valence-corrected chi connectivity index (χ3v) is 7.77. The first-order valence-electron chi connectivity index (χ1n) is 9.43. The summed E-state index contributed by atoms with van der Waals surface area (Å²) in [6.07, 6.45) is 0. The Morgan fingerprint density at radius 2 is 1.97 bits per heavy atom. The number of nitrogens with one attached hydrogen (secondary N) is 1. The molecule has 1 N–H and O–H groups in total. The molecule has 0 radical (unpaired) electrons. The number of nitrogens with zero attached hydrogens (tertiary/aromatic N) is 3. The second-order valence-corrected chi connectivity index (χ2v) is 9.94. The van der Waals surface area contributed by atoms with E-state index < -0.39 is 0 Å². The Morgan fingerprint density at radius 3 is 2.81 bits per heavy atom. The van der Waals surface area contributed by atoms with Crippen molar-refractivity contribution in [2.75, 3.05) is 5.32 Å². The van der Waals surface area contributed by atoms with Crippen LogP contribution in [0.1, 0.15) is 21.7 Å². The highest BCUT2D eigenvalue weighted by molar-refractivity contribution is 8.00. The Hall–Kier alpha value is -3.01. The Bertz CT molecular complexity index is 1470. The summed E-state index contributed by atoms with van der Waals surface area (Å²) in [6, 6.07) is 16.4. The second-order valence-electron chi connectivity index (χ2n) is 6.85. The van der Waals surface area contributed by atoms with Crippen LogP contribution in [0.2, 0.25) is 0 Å². The van der Waals surface area contributed by atoms with Crippen molar-refractivity contribution in [3.63, 3.8) is 0 Å². The molecule has 0 atom stereocenters. The van der Waals surface area contributed by atoms with E-state index in [0.717, 1.165) is 31.6 Å². The van der Waals surface area contributed by atoms with Crippen LogP contribution in [0.15, 0.2) is 69.1 Å². The number of thiazole rings is 2. The minimum absolute atomic E-state index is 0.0533. The lowest BCUT2D eigenvalue weighted by Crippen LogP contribution is -2.14. The number of rotatable bonds is 5. The van der Waals surface area contributed by atoms with Gasteiger partial charge in [-0.2, -0.15) is 0 Å². The maximum atomic E-state index is 12.4. The topological polar surface area (TPSA) is 76.4 Å². The summed E-state index contributed by atoms with van der Waals surface area (Å²) >= 11 is 4.58. The van der Waals surface area contributed by atoms with Gasteiger partial charge in [0, 0.05) is 34.1 Å². The van der Waals surface area contributed by atoms with Gasteiger partial charge in [-0.25, -0.2) is 9.97 Å². The average molecular weight is 465 g/mol. The van der Waals surface area contributed by atoms with Gasteiger partial charge < -0.3 is 5.32 Å². The van der Waals surface area contributed by atoms with E-state index in [9.17, 15) is 9.59 Å². The number of carbonyl (C=O) groups is 1. The van der Waals surface area contributed by atoms with Crippen LogP contribution in [0.25, 0.3) is 15.2 Å². The Balaban J connectivity index is 1.32. The molecule has 0 unspecified atom stereocenters. The number of hydrogen-bond donors (Lipinski definition) is 1. The van der Waals surface area contributed by atoms with Crippen molar-refractivity contribution in [2.24, 2.45) is 0 Å². The molecule has 0 aliphatic carbocycles. The molecule has 0 saturated heterocycles.